The summed E-state index contributed by atoms with van der Waals surface area (Å²) in [4.78, 5) is 14.3. The van der Waals surface area contributed by atoms with Gasteiger partial charge >= 0.3 is 0 Å². The van der Waals surface area contributed by atoms with Gasteiger partial charge in [0.05, 0.1) is 6.04 Å². The number of benzene rings is 1. The van der Waals surface area contributed by atoms with Crippen LogP contribution in [0.4, 0.5) is 5.69 Å². The molecule has 18 heavy (non-hydrogen) atoms. The molecule has 3 nitrogen and oxygen atoms in total. The summed E-state index contributed by atoms with van der Waals surface area (Å²) in [7, 11) is 0. The van der Waals surface area contributed by atoms with E-state index in [9.17, 15) is 4.79 Å². The molecule has 1 N–H and O–H groups in total. The molecule has 1 aliphatic carbocycles. The van der Waals surface area contributed by atoms with Crippen LogP contribution in [0, 0.1) is 0 Å². The summed E-state index contributed by atoms with van der Waals surface area (Å²) in [5, 5.41) is 4.14. The monoisotopic (exact) mass is 264 g/mol. The Hall–Kier alpha value is -1.06. The molecule has 2 aliphatic rings. The van der Waals surface area contributed by atoms with Crippen LogP contribution in [-0.2, 0) is 4.79 Å². The highest BCUT2D eigenvalue weighted by Gasteiger charge is 2.33. The lowest BCUT2D eigenvalue weighted by atomic mass is 10.0. The fraction of sp³-hybridized carbons (Fsp3) is 0.500. The van der Waals surface area contributed by atoms with Gasteiger partial charge in [-0.05, 0) is 49.9 Å². The van der Waals surface area contributed by atoms with E-state index >= 15 is 0 Å². The van der Waals surface area contributed by atoms with Crippen molar-refractivity contribution in [3.8, 4) is 0 Å². The summed E-state index contributed by atoms with van der Waals surface area (Å²) in [6.07, 6.45) is 4.44. The molecule has 1 aliphatic heterocycles. The Bertz CT molecular complexity index is 442. The highest BCUT2D eigenvalue weighted by atomic mass is 35.5. The first-order chi connectivity index (χ1) is 8.74. The lowest BCUT2D eigenvalue weighted by Gasteiger charge is -2.33. The van der Waals surface area contributed by atoms with E-state index in [0.29, 0.717) is 11.1 Å². The number of rotatable bonds is 3. The molecular formula is C14H17ClN2O. The second-order valence-electron chi connectivity index (χ2n) is 5.10. The summed E-state index contributed by atoms with van der Waals surface area (Å²) in [5.41, 5.74) is 0.951. The van der Waals surface area contributed by atoms with Gasteiger partial charge in [-0.1, -0.05) is 11.6 Å². The van der Waals surface area contributed by atoms with Crippen LogP contribution in [-0.4, -0.2) is 24.5 Å². The summed E-state index contributed by atoms with van der Waals surface area (Å²) >= 11 is 5.88. The minimum absolute atomic E-state index is 0.00179. The zero-order valence-corrected chi connectivity index (χ0v) is 11.0. The predicted molar refractivity (Wildman–Crippen MR) is 73.0 cm³/mol. The molecule has 1 unspecified atom stereocenters. The summed E-state index contributed by atoms with van der Waals surface area (Å²) in [5.74, 6) is 0.204. The highest BCUT2D eigenvalue weighted by Crippen LogP contribution is 2.26. The van der Waals surface area contributed by atoms with Crippen molar-refractivity contribution in [3.63, 3.8) is 0 Å². The van der Waals surface area contributed by atoms with Crippen LogP contribution in [0.2, 0.25) is 5.02 Å². The van der Waals surface area contributed by atoms with E-state index in [1.165, 1.54) is 12.8 Å². The van der Waals surface area contributed by atoms with E-state index in [4.69, 9.17) is 11.6 Å². The normalized spacial score (nSPS) is 24.4. The van der Waals surface area contributed by atoms with Crippen molar-refractivity contribution in [2.45, 2.75) is 37.8 Å². The van der Waals surface area contributed by atoms with E-state index in [0.717, 1.165) is 25.1 Å². The topological polar surface area (TPSA) is 32.3 Å². The van der Waals surface area contributed by atoms with Gasteiger partial charge in [0.1, 0.15) is 0 Å². The highest BCUT2D eigenvalue weighted by molar-refractivity contribution is 6.30. The SMILES string of the molecule is O=C1C(NC2CC2)CCCN1c1ccc(Cl)cc1. The van der Waals surface area contributed by atoms with Crippen LogP contribution in [0.5, 0.6) is 0 Å². The van der Waals surface area contributed by atoms with Crippen molar-refractivity contribution >= 4 is 23.2 Å². The zero-order chi connectivity index (χ0) is 12.5. The molecule has 1 amide bonds. The van der Waals surface area contributed by atoms with Crippen molar-refractivity contribution in [3.05, 3.63) is 29.3 Å². The number of nitrogens with one attached hydrogen (secondary N) is 1. The van der Waals surface area contributed by atoms with Gasteiger partial charge in [0.25, 0.3) is 0 Å². The predicted octanol–water partition coefficient (Wildman–Crippen LogP) is 2.59. The van der Waals surface area contributed by atoms with Crippen molar-refractivity contribution in [1.82, 2.24) is 5.32 Å². The van der Waals surface area contributed by atoms with Crippen molar-refractivity contribution in [2.75, 3.05) is 11.4 Å². The number of halogens is 1. The Balaban J connectivity index is 1.74. The number of hydrogen-bond acceptors (Lipinski definition) is 2. The molecule has 0 bridgehead atoms. The van der Waals surface area contributed by atoms with Crippen LogP contribution in [0.1, 0.15) is 25.7 Å². The maximum Gasteiger partial charge on any atom is 0.244 e. The summed E-state index contributed by atoms with van der Waals surface area (Å²) in [6.45, 7) is 0.809. The lowest BCUT2D eigenvalue weighted by molar-refractivity contribution is -0.121. The first-order valence-corrected chi connectivity index (χ1v) is 6.95. The maximum atomic E-state index is 12.4. The van der Waals surface area contributed by atoms with Crippen LogP contribution in [0.15, 0.2) is 24.3 Å². The smallest absolute Gasteiger partial charge is 0.244 e. The van der Waals surface area contributed by atoms with Gasteiger partial charge < -0.3 is 10.2 Å². The van der Waals surface area contributed by atoms with Crippen LogP contribution in [0.25, 0.3) is 0 Å². The Morgan fingerprint density at radius 1 is 1.17 bits per heavy atom. The number of piperidine rings is 1. The minimum Gasteiger partial charge on any atom is -0.311 e. The molecule has 1 aromatic rings. The van der Waals surface area contributed by atoms with Gasteiger partial charge in [0, 0.05) is 23.3 Å². The molecule has 0 aromatic heterocycles. The molecule has 4 heteroatoms. The van der Waals surface area contributed by atoms with Crippen LogP contribution < -0.4 is 10.2 Å². The van der Waals surface area contributed by atoms with E-state index in [1.807, 2.05) is 29.2 Å². The van der Waals surface area contributed by atoms with Gasteiger partial charge in [0.2, 0.25) is 5.91 Å². The van der Waals surface area contributed by atoms with E-state index < -0.39 is 0 Å². The number of anilines is 1. The van der Waals surface area contributed by atoms with E-state index in [1.54, 1.807) is 0 Å². The third-order valence-electron chi connectivity index (χ3n) is 3.59. The fourth-order valence-electron chi connectivity index (χ4n) is 2.44. The molecule has 1 saturated heterocycles. The Morgan fingerprint density at radius 3 is 2.56 bits per heavy atom. The number of hydrogen-bond donors (Lipinski definition) is 1. The van der Waals surface area contributed by atoms with Gasteiger partial charge in [-0.25, -0.2) is 0 Å². The molecule has 2 fully saturated rings. The quantitative estimate of drug-likeness (QED) is 0.910. The first kappa shape index (κ1) is 12.0. The third-order valence-corrected chi connectivity index (χ3v) is 3.84. The first-order valence-electron chi connectivity index (χ1n) is 6.57. The van der Waals surface area contributed by atoms with Gasteiger partial charge in [0.15, 0.2) is 0 Å². The van der Waals surface area contributed by atoms with E-state index in [-0.39, 0.29) is 11.9 Å². The average molecular weight is 265 g/mol. The molecule has 3 rings (SSSR count). The van der Waals surface area contributed by atoms with Crippen LogP contribution in [0.3, 0.4) is 0 Å². The van der Waals surface area contributed by atoms with E-state index in [2.05, 4.69) is 5.32 Å². The molecule has 0 spiro atoms. The summed E-state index contributed by atoms with van der Waals surface area (Å²) in [6, 6.07) is 8.08. The Labute approximate surface area is 112 Å². The molecule has 1 aromatic carbocycles. The van der Waals surface area contributed by atoms with Crippen molar-refractivity contribution in [1.29, 1.82) is 0 Å². The molecule has 1 saturated carbocycles. The Kier molecular flexibility index (Phi) is 3.27. The number of carbonyl (C=O) groups is 1. The number of nitrogens with zero attached hydrogens (tertiary/aromatic N) is 1. The largest absolute Gasteiger partial charge is 0.311 e. The van der Waals surface area contributed by atoms with Crippen molar-refractivity contribution < 1.29 is 4.79 Å². The van der Waals surface area contributed by atoms with Gasteiger partial charge in [-0.3, -0.25) is 4.79 Å². The van der Waals surface area contributed by atoms with Gasteiger partial charge in [-0.15, -0.1) is 0 Å². The molecule has 1 heterocycles. The second-order valence-corrected chi connectivity index (χ2v) is 5.54. The minimum atomic E-state index is 0.00179. The second kappa shape index (κ2) is 4.90. The zero-order valence-electron chi connectivity index (χ0n) is 10.2. The lowest BCUT2D eigenvalue weighted by Crippen LogP contribution is -2.51. The van der Waals surface area contributed by atoms with Crippen LogP contribution >= 0.6 is 11.6 Å². The average Bonchev–Trinajstić information content (AvgIpc) is 3.17. The number of amides is 1. The molecular weight excluding hydrogens is 248 g/mol. The fourth-order valence-corrected chi connectivity index (χ4v) is 2.57. The molecule has 1 atom stereocenters. The summed E-state index contributed by atoms with van der Waals surface area (Å²) < 4.78 is 0. The van der Waals surface area contributed by atoms with Gasteiger partial charge in [-0.2, -0.15) is 0 Å². The standard InChI is InChI=1S/C14H17ClN2O/c15-10-3-7-12(8-4-10)17-9-1-2-13(14(17)18)16-11-5-6-11/h3-4,7-8,11,13,16H,1-2,5-6,9H2. The Morgan fingerprint density at radius 2 is 1.89 bits per heavy atom. The number of carbonyl (C=O) groups excluding carboxylic acids is 1. The molecule has 0 radical (unpaired) electrons. The maximum absolute atomic E-state index is 12.4. The van der Waals surface area contributed by atoms with Crippen molar-refractivity contribution in [2.24, 2.45) is 0 Å². The third kappa shape index (κ3) is 2.52. The molecule has 96 valence electrons.